The minimum absolute atomic E-state index is 0.113. The molecule has 7 nitrogen and oxygen atoms in total. The second-order valence-corrected chi connectivity index (χ2v) is 8.55. The van der Waals surface area contributed by atoms with E-state index in [1.807, 2.05) is 4.90 Å². The van der Waals surface area contributed by atoms with Crippen LogP contribution in [0.1, 0.15) is 39.2 Å². The number of likely N-dealkylation sites (tertiary alicyclic amines) is 1. The van der Waals surface area contributed by atoms with E-state index in [9.17, 15) is 22.8 Å². The molecule has 2 aliphatic heterocycles. The number of pyridine rings is 1. The molecule has 30 heavy (non-hydrogen) atoms. The highest BCUT2D eigenvalue weighted by molar-refractivity contribution is 5.86. The largest absolute Gasteiger partial charge is 0.444 e. The van der Waals surface area contributed by atoms with Gasteiger partial charge in [-0.05, 0) is 45.7 Å². The highest BCUT2D eigenvalue weighted by Gasteiger charge is 2.39. The smallest absolute Gasteiger partial charge is 0.417 e. The van der Waals surface area contributed by atoms with Crippen LogP contribution in [0.5, 0.6) is 0 Å². The van der Waals surface area contributed by atoms with Crippen LogP contribution < -0.4 is 4.90 Å². The molecule has 1 atom stereocenters. The summed E-state index contributed by atoms with van der Waals surface area (Å²) in [6.07, 6.45) is -2.74. The third kappa shape index (κ3) is 5.14. The average Bonchev–Trinajstić information content (AvgIpc) is 3.16. The summed E-state index contributed by atoms with van der Waals surface area (Å²) in [7, 11) is 0. The van der Waals surface area contributed by atoms with Crippen molar-refractivity contribution < 1.29 is 27.5 Å². The van der Waals surface area contributed by atoms with Crippen LogP contribution in [0.25, 0.3) is 0 Å². The molecule has 0 aromatic carbocycles. The van der Waals surface area contributed by atoms with Gasteiger partial charge in [-0.2, -0.15) is 13.2 Å². The Balaban J connectivity index is 1.58. The van der Waals surface area contributed by atoms with Gasteiger partial charge in [-0.1, -0.05) is 0 Å². The molecule has 0 N–H and O–H groups in total. The second kappa shape index (κ2) is 8.31. The van der Waals surface area contributed by atoms with Crippen molar-refractivity contribution in [2.45, 2.75) is 51.4 Å². The Bertz CT molecular complexity index is 769. The van der Waals surface area contributed by atoms with Gasteiger partial charge in [-0.3, -0.25) is 9.69 Å². The average molecular weight is 428 g/mol. The summed E-state index contributed by atoms with van der Waals surface area (Å²) < 4.78 is 43.5. The molecule has 0 bridgehead atoms. The Labute approximate surface area is 173 Å². The quantitative estimate of drug-likeness (QED) is 0.724. The standard InChI is InChI=1S/C20H27F3N4O3/c1-19(2,3)30-18(29)27-8-4-5-15(27)17(28)26-11-9-25(10-12-26)16-7-6-14(13-24-16)20(21,22)23/h6-7,13,15H,4-5,8-12H2,1-3H3/t15-/m1/s1. The summed E-state index contributed by atoms with van der Waals surface area (Å²) in [6, 6.07) is 1.83. The number of amides is 2. The zero-order valence-corrected chi connectivity index (χ0v) is 17.4. The fraction of sp³-hybridized carbons (Fsp3) is 0.650. The van der Waals surface area contributed by atoms with Gasteiger partial charge in [-0.15, -0.1) is 0 Å². The van der Waals surface area contributed by atoms with Crippen LogP contribution in [0.4, 0.5) is 23.8 Å². The predicted octanol–water partition coefficient (Wildman–Crippen LogP) is 3.15. The lowest BCUT2D eigenvalue weighted by Crippen LogP contribution is -2.55. The number of nitrogens with zero attached hydrogens (tertiary/aromatic N) is 4. The molecule has 3 rings (SSSR count). The van der Waals surface area contributed by atoms with Crippen LogP contribution in [-0.2, 0) is 15.7 Å². The van der Waals surface area contributed by atoms with Crippen molar-refractivity contribution in [1.29, 1.82) is 0 Å². The third-order valence-electron chi connectivity index (χ3n) is 5.16. The van der Waals surface area contributed by atoms with E-state index in [2.05, 4.69) is 4.98 Å². The topological polar surface area (TPSA) is 66.0 Å². The zero-order chi connectivity index (χ0) is 22.1. The van der Waals surface area contributed by atoms with Gasteiger partial charge in [0.2, 0.25) is 5.91 Å². The molecular formula is C20H27F3N4O3. The van der Waals surface area contributed by atoms with Gasteiger partial charge in [0, 0.05) is 38.9 Å². The van der Waals surface area contributed by atoms with E-state index in [1.54, 1.807) is 25.7 Å². The summed E-state index contributed by atoms with van der Waals surface area (Å²) >= 11 is 0. The normalized spacial score (nSPS) is 20.5. The van der Waals surface area contributed by atoms with Gasteiger partial charge in [-0.25, -0.2) is 9.78 Å². The number of anilines is 1. The molecule has 0 aliphatic carbocycles. The highest BCUT2D eigenvalue weighted by atomic mass is 19.4. The highest BCUT2D eigenvalue weighted by Crippen LogP contribution is 2.29. The molecule has 2 fully saturated rings. The maximum Gasteiger partial charge on any atom is 0.417 e. The van der Waals surface area contributed by atoms with E-state index in [0.29, 0.717) is 45.0 Å². The molecule has 0 unspecified atom stereocenters. The number of rotatable bonds is 2. The zero-order valence-electron chi connectivity index (χ0n) is 17.4. The second-order valence-electron chi connectivity index (χ2n) is 8.55. The van der Waals surface area contributed by atoms with Gasteiger partial charge in [0.05, 0.1) is 5.56 Å². The summed E-state index contributed by atoms with van der Waals surface area (Å²) in [4.78, 5) is 34.4. The molecule has 0 radical (unpaired) electrons. The Morgan fingerprint density at radius 1 is 1.07 bits per heavy atom. The number of piperazine rings is 1. The summed E-state index contributed by atoms with van der Waals surface area (Å²) in [6.45, 7) is 7.60. The van der Waals surface area contributed by atoms with E-state index in [0.717, 1.165) is 18.7 Å². The first-order chi connectivity index (χ1) is 14.0. The van der Waals surface area contributed by atoms with Crippen molar-refractivity contribution >= 4 is 17.8 Å². The van der Waals surface area contributed by atoms with Crippen LogP contribution in [0.3, 0.4) is 0 Å². The molecular weight excluding hydrogens is 401 g/mol. The Kier molecular flexibility index (Phi) is 6.14. The van der Waals surface area contributed by atoms with E-state index in [-0.39, 0.29) is 5.91 Å². The summed E-state index contributed by atoms with van der Waals surface area (Å²) in [5.74, 6) is 0.338. The molecule has 3 heterocycles. The molecule has 1 aromatic rings. The molecule has 2 saturated heterocycles. The van der Waals surface area contributed by atoms with Gasteiger partial charge >= 0.3 is 12.3 Å². The van der Waals surface area contributed by atoms with E-state index < -0.39 is 29.5 Å². The molecule has 0 spiro atoms. The fourth-order valence-corrected chi connectivity index (χ4v) is 3.67. The maximum absolute atomic E-state index is 13.0. The maximum atomic E-state index is 13.0. The lowest BCUT2D eigenvalue weighted by molar-refractivity contribution is -0.138. The third-order valence-corrected chi connectivity index (χ3v) is 5.16. The SMILES string of the molecule is CC(C)(C)OC(=O)N1CCC[C@@H]1C(=O)N1CCN(c2ccc(C(F)(F)F)cn2)CC1. The van der Waals surface area contributed by atoms with Gasteiger partial charge < -0.3 is 14.5 Å². The van der Waals surface area contributed by atoms with Gasteiger partial charge in [0.25, 0.3) is 0 Å². The van der Waals surface area contributed by atoms with Gasteiger partial charge in [0.1, 0.15) is 17.5 Å². The first-order valence-electron chi connectivity index (χ1n) is 10.0. The Morgan fingerprint density at radius 2 is 1.73 bits per heavy atom. The number of carbonyl (C=O) groups excluding carboxylic acids is 2. The number of alkyl halides is 3. The van der Waals surface area contributed by atoms with Crippen LogP contribution in [0.2, 0.25) is 0 Å². The fourth-order valence-electron chi connectivity index (χ4n) is 3.67. The van der Waals surface area contributed by atoms with Crippen LogP contribution in [-0.4, -0.2) is 71.2 Å². The van der Waals surface area contributed by atoms with E-state index in [1.165, 1.54) is 11.0 Å². The monoisotopic (exact) mass is 428 g/mol. The minimum atomic E-state index is -4.42. The molecule has 10 heteroatoms. The van der Waals surface area contributed by atoms with Crippen LogP contribution in [0, 0.1) is 0 Å². The predicted molar refractivity (Wildman–Crippen MR) is 104 cm³/mol. The van der Waals surface area contributed by atoms with E-state index in [4.69, 9.17) is 4.74 Å². The number of carbonyl (C=O) groups is 2. The molecule has 166 valence electrons. The Hall–Kier alpha value is -2.52. The summed E-state index contributed by atoms with van der Waals surface area (Å²) in [5, 5.41) is 0. The molecule has 0 saturated carbocycles. The number of aromatic nitrogens is 1. The van der Waals surface area contributed by atoms with Crippen LogP contribution >= 0.6 is 0 Å². The lowest BCUT2D eigenvalue weighted by atomic mass is 10.1. The molecule has 1 aromatic heterocycles. The number of hydrogen-bond donors (Lipinski definition) is 0. The molecule has 2 aliphatic rings. The first-order valence-corrected chi connectivity index (χ1v) is 10.0. The van der Waals surface area contributed by atoms with Crippen molar-refractivity contribution in [2.75, 3.05) is 37.6 Å². The first kappa shape index (κ1) is 22.2. The number of ether oxygens (including phenoxy) is 1. The minimum Gasteiger partial charge on any atom is -0.444 e. The lowest BCUT2D eigenvalue weighted by Gasteiger charge is -2.38. The van der Waals surface area contributed by atoms with Crippen LogP contribution in [0.15, 0.2) is 18.3 Å². The van der Waals surface area contributed by atoms with E-state index >= 15 is 0 Å². The van der Waals surface area contributed by atoms with Crippen molar-refractivity contribution in [3.8, 4) is 0 Å². The van der Waals surface area contributed by atoms with Crippen molar-refractivity contribution in [3.05, 3.63) is 23.9 Å². The van der Waals surface area contributed by atoms with Crippen molar-refractivity contribution in [2.24, 2.45) is 0 Å². The Morgan fingerprint density at radius 3 is 2.27 bits per heavy atom. The van der Waals surface area contributed by atoms with Gasteiger partial charge in [0.15, 0.2) is 0 Å². The molecule has 2 amide bonds. The number of halogens is 3. The number of hydrogen-bond acceptors (Lipinski definition) is 5. The van der Waals surface area contributed by atoms with Crippen molar-refractivity contribution in [3.63, 3.8) is 0 Å². The van der Waals surface area contributed by atoms with Crippen molar-refractivity contribution in [1.82, 2.24) is 14.8 Å². The summed E-state index contributed by atoms with van der Waals surface area (Å²) in [5.41, 5.74) is -1.42.